The van der Waals surface area contributed by atoms with Gasteiger partial charge >= 0.3 is 0 Å². The van der Waals surface area contributed by atoms with Crippen molar-refractivity contribution in [1.82, 2.24) is 4.98 Å². The number of hydrogen-bond acceptors (Lipinski definition) is 5. The van der Waals surface area contributed by atoms with Crippen LogP contribution in [0.1, 0.15) is 44.6 Å². The summed E-state index contributed by atoms with van der Waals surface area (Å²) in [6.45, 7) is 5.23. The van der Waals surface area contributed by atoms with Gasteiger partial charge < -0.3 is 19.2 Å². The second-order valence-corrected chi connectivity index (χ2v) is 8.68. The summed E-state index contributed by atoms with van der Waals surface area (Å²) in [7, 11) is 0. The molecule has 1 saturated carbocycles. The number of aromatic nitrogens is 1. The van der Waals surface area contributed by atoms with Crippen LogP contribution in [-0.2, 0) is 4.79 Å². The molecule has 2 aliphatic rings. The number of anilines is 1. The van der Waals surface area contributed by atoms with Crippen LogP contribution in [0.3, 0.4) is 0 Å². The van der Waals surface area contributed by atoms with Crippen molar-refractivity contribution >= 4 is 11.5 Å². The Morgan fingerprint density at radius 3 is 2.71 bits per heavy atom. The molecule has 1 aromatic carbocycles. The van der Waals surface area contributed by atoms with Crippen LogP contribution in [0.15, 0.2) is 42.6 Å². The number of ether oxygens (including phenoxy) is 2. The summed E-state index contributed by atoms with van der Waals surface area (Å²) in [5, 5.41) is 0. The lowest BCUT2D eigenvalue weighted by atomic mass is 9.96. The lowest BCUT2D eigenvalue weighted by Crippen LogP contribution is -2.24. The second-order valence-electron chi connectivity index (χ2n) is 8.68. The first-order chi connectivity index (χ1) is 14.8. The molecule has 3 atom stereocenters. The van der Waals surface area contributed by atoms with Gasteiger partial charge in [0.05, 0.1) is 19.1 Å². The molecule has 2 aromatic rings. The Bertz CT molecular complexity index is 919. The molecule has 5 nitrogen and oxygen atoms in total. The molecule has 0 N–H and O–H groups in total. The maximum atomic E-state index is 13.0. The number of Topliss-reactive ketones (excluding diaryl/α,β-unsaturated/α-hetero) is 1. The smallest absolute Gasteiger partial charge is 0.255 e. The first-order valence-corrected chi connectivity index (χ1v) is 10.8. The summed E-state index contributed by atoms with van der Waals surface area (Å²) < 4.78 is 37.7. The standard InChI is InChI=1S/C24H28F2N2O3/c1-16(11-17(2)29)18-3-5-21(6-4-18)31-22-8-10-28(14-22)20-7-9-27-23(12-20)30-15-19-13-24(19,25)26/h3-7,9,12,16,19,22H,8,10-11,13-15H2,1-2H3/t16-,19?,22?/m1/s1. The highest BCUT2D eigenvalue weighted by Gasteiger charge is 2.57. The Kier molecular flexibility index (Phi) is 6.12. The quantitative estimate of drug-likeness (QED) is 0.569. The zero-order valence-electron chi connectivity index (χ0n) is 17.9. The molecule has 0 spiro atoms. The van der Waals surface area contributed by atoms with E-state index in [1.54, 1.807) is 19.2 Å². The van der Waals surface area contributed by atoms with Gasteiger partial charge in [0.25, 0.3) is 5.92 Å². The van der Waals surface area contributed by atoms with Gasteiger partial charge in [-0.25, -0.2) is 13.8 Å². The van der Waals surface area contributed by atoms with Crippen LogP contribution in [-0.4, -0.2) is 42.5 Å². The van der Waals surface area contributed by atoms with Gasteiger partial charge in [-0.15, -0.1) is 0 Å². The van der Waals surface area contributed by atoms with Crippen molar-refractivity contribution in [3.8, 4) is 11.6 Å². The number of alkyl halides is 2. The Hall–Kier alpha value is -2.70. The fourth-order valence-corrected chi connectivity index (χ4v) is 3.99. The number of pyridine rings is 1. The lowest BCUT2D eigenvalue weighted by Gasteiger charge is -2.20. The number of rotatable bonds is 9. The maximum Gasteiger partial charge on any atom is 0.255 e. The third-order valence-electron chi connectivity index (χ3n) is 5.96. The van der Waals surface area contributed by atoms with Crippen molar-refractivity contribution in [2.24, 2.45) is 5.92 Å². The number of nitrogens with zero attached hydrogens (tertiary/aromatic N) is 2. The number of carbonyl (C=O) groups excluding carboxylic acids is 1. The summed E-state index contributed by atoms with van der Waals surface area (Å²) in [6, 6.07) is 11.7. The number of benzene rings is 1. The number of ketones is 1. The first-order valence-electron chi connectivity index (χ1n) is 10.8. The van der Waals surface area contributed by atoms with Gasteiger partial charge in [-0.05, 0) is 36.6 Å². The van der Waals surface area contributed by atoms with E-state index >= 15 is 0 Å². The zero-order valence-corrected chi connectivity index (χ0v) is 17.9. The van der Waals surface area contributed by atoms with Gasteiger partial charge in [0.1, 0.15) is 17.6 Å². The number of carbonyl (C=O) groups is 1. The molecule has 7 heteroatoms. The molecule has 4 rings (SSSR count). The van der Waals surface area contributed by atoms with Crippen molar-refractivity contribution < 1.29 is 23.0 Å². The van der Waals surface area contributed by atoms with E-state index in [1.807, 2.05) is 30.3 Å². The minimum atomic E-state index is -2.58. The predicted octanol–water partition coefficient (Wildman–Crippen LogP) is 4.86. The summed E-state index contributed by atoms with van der Waals surface area (Å²) in [4.78, 5) is 17.6. The summed E-state index contributed by atoms with van der Waals surface area (Å²) in [6.07, 6.45) is 3.02. The van der Waals surface area contributed by atoms with Crippen LogP contribution in [0.4, 0.5) is 14.5 Å². The molecule has 1 aromatic heterocycles. The molecule has 0 radical (unpaired) electrons. The van der Waals surface area contributed by atoms with Gasteiger partial charge in [0.2, 0.25) is 5.88 Å². The molecule has 1 saturated heterocycles. The fourth-order valence-electron chi connectivity index (χ4n) is 3.99. The van der Waals surface area contributed by atoms with E-state index in [0.717, 1.165) is 36.5 Å². The molecular weight excluding hydrogens is 402 g/mol. The van der Waals surface area contributed by atoms with Crippen LogP contribution in [0, 0.1) is 5.92 Å². The van der Waals surface area contributed by atoms with E-state index in [9.17, 15) is 13.6 Å². The van der Waals surface area contributed by atoms with E-state index in [1.165, 1.54) is 0 Å². The normalized spacial score (nSPS) is 22.8. The van der Waals surface area contributed by atoms with Crippen LogP contribution in [0.2, 0.25) is 0 Å². The predicted molar refractivity (Wildman–Crippen MR) is 114 cm³/mol. The van der Waals surface area contributed by atoms with Crippen LogP contribution in [0.5, 0.6) is 11.6 Å². The monoisotopic (exact) mass is 430 g/mol. The molecule has 2 unspecified atom stereocenters. The number of hydrogen-bond donors (Lipinski definition) is 0. The SMILES string of the molecule is CC(=O)C[C@@H](C)c1ccc(OC2CCN(c3ccnc(OCC4CC4(F)F)c3)C2)cc1. The minimum absolute atomic E-state index is 0.00375. The number of halogens is 2. The van der Waals surface area contributed by atoms with E-state index in [4.69, 9.17) is 9.47 Å². The third kappa shape index (κ3) is 5.51. The highest BCUT2D eigenvalue weighted by atomic mass is 19.3. The first kappa shape index (κ1) is 21.5. The van der Waals surface area contributed by atoms with Gasteiger partial charge in [-0.2, -0.15) is 0 Å². The Balaban J connectivity index is 1.29. The van der Waals surface area contributed by atoms with Gasteiger partial charge in [-0.1, -0.05) is 19.1 Å². The van der Waals surface area contributed by atoms with Crippen molar-refractivity contribution in [3.63, 3.8) is 0 Å². The van der Waals surface area contributed by atoms with E-state index in [-0.39, 0.29) is 30.8 Å². The highest BCUT2D eigenvalue weighted by molar-refractivity contribution is 5.76. The fraction of sp³-hybridized carbons (Fsp3) is 0.500. The highest BCUT2D eigenvalue weighted by Crippen LogP contribution is 2.48. The zero-order chi connectivity index (χ0) is 22.0. The van der Waals surface area contributed by atoms with E-state index < -0.39 is 11.8 Å². The molecule has 1 aliphatic carbocycles. The summed E-state index contributed by atoms with van der Waals surface area (Å²) in [5.74, 6) is -1.70. The molecule has 0 amide bonds. The van der Waals surface area contributed by atoms with E-state index in [2.05, 4.69) is 16.8 Å². The topological polar surface area (TPSA) is 51.7 Å². The van der Waals surface area contributed by atoms with Gasteiger partial charge in [0.15, 0.2) is 0 Å². The average molecular weight is 430 g/mol. The third-order valence-corrected chi connectivity index (χ3v) is 5.96. The van der Waals surface area contributed by atoms with Gasteiger partial charge in [-0.3, -0.25) is 0 Å². The molecular formula is C24H28F2N2O3. The average Bonchev–Trinajstić information content (AvgIpc) is 3.10. The Labute approximate surface area is 181 Å². The van der Waals surface area contributed by atoms with Crippen LogP contribution in [0.25, 0.3) is 0 Å². The van der Waals surface area contributed by atoms with Crippen LogP contribution >= 0.6 is 0 Å². The van der Waals surface area contributed by atoms with Crippen LogP contribution < -0.4 is 14.4 Å². The molecule has 2 heterocycles. The Morgan fingerprint density at radius 2 is 2.03 bits per heavy atom. The molecule has 0 bridgehead atoms. The lowest BCUT2D eigenvalue weighted by molar-refractivity contribution is -0.117. The molecule has 2 fully saturated rings. The second kappa shape index (κ2) is 8.81. The molecule has 166 valence electrons. The van der Waals surface area contributed by atoms with Crippen molar-refractivity contribution in [1.29, 1.82) is 0 Å². The summed E-state index contributed by atoms with van der Waals surface area (Å²) in [5.41, 5.74) is 2.08. The largest absolute Gasteiger partial charge is 0.489 e. The Morgan fingerprint density at radius 1 is 1.29 bits per heavy atom. The van der Waals surface area contributed by atoms with E-state index in [0.29, 0.717) is 12.3 Å². The molecule has 1 aliphatic heterocycles. The van der Waals surface area contributed by atoms with Crippen molar-refractivity contribution in [2.45, 2.75) is 51.1 Å². The van der Waals surface area contributed by atoms with Crippen molar-refractivity contribution in [2.75, 3.05) is 24.6 Å². The molecule has 31 heavy (non-hydrogen) atoms. The summed E-state index contributed by atoms with van der Waals surface area (Å²) >= 11 is 0. The van der Waals surface area contributed by atoms with Gasteiger partial charge in [0, 0.05) is 43.8 Å². The minimum Gasteiger partial charge on any atom is -0.489 e. The van der Waals surface area contributed by atoms with Crippen molar-refractivity contribution in [3.05, 3.63) is 48.2 Å². The maximum absolute atomic E-state index is 13.0.